The lowest BCUT2D eigenvalue weighted by Gasteiger charge is -2.11. The van der Waals surface area contributed by atoms with E-state index in [-0.39, 0.29) is 17.4 Å². The second kappa shape index (κ2) is 5.44. The van der Waals surface area contributed by atoms with Gasteiger partial charge in [0.05, 0.1) is 5.56 Å². The van der Waals surface area contributed by atoms with Crippen LogP contribution >= 0.6 is 11.8 Å². The molecular weight excluding hydrogens is 250 g/mol. The zero-order valence-corrected chi connectivity index (χ0v) is 10.9. The van der Waals surface area contributed by atoms with Crippen LogP contribution < -0.4 is 5.32 Å². The second-order valence-electron chi connectivity index (χ2n) is 4.38. The highest BCUT2D eigenvalue weighted by molar-refractivity contribution is 7.99. The predicted molar refractivity (Wildman–Crippen MR) is 72.2 cm³/mol. The summed E-state index contributed by atoms with van der Waals surface area (Å²) >= 11 is 1.78. The zero-order valence-electron chi connectivity index (χ0n) is 10.1. The number of amides is 1. The maximum atomic E-state index is 11.9. The Hall–Kier alpha value is -1.49. The molecule has 1 fully saturated rings. The van der Waals surface area contributed by atoms with E-state index in [0.29, 0.717) is 11.3 Å². The number of carboxylic acids is 1. The van der Waals surface area contributed by atoms with Gasteiger partial charge in [-0.25, -0.2) is 4.79 Å². The van der Waals surface area contributed by atoms with Crippen LogP contribution in [0.15, 0.2) is 18.2 Å². The van der Waals surface area contributed by atoms with E-state index in [4.69, 9.17) is 5.11 Å². The molecule has 1 saturated heterocycles. The van der Waals surface area contributed by atoms with Crippen LogP contribution in [0, 0.1) is 12.8 Å². The summed E-state index contributed by atoms with van der Waals surface area (Å²) in [5.74, 6) is 0.931. The highest BCUT2D eigenvalue weighted by atomic mass is 32.2. The zero-order chi connectivity index (χ0) is 13.1. The molecule has 1 unspecified atom stereocenters. The van der Waals surface area contributed by atoms with Crippen molar-refractivity contribution in [2.24, 2.45) is 5.92 Å². The first-order chi connectivity index (χ1) is 8.58. The number of carbonyl (C=O) groups is 2. The van der Waals surface area contributed by atoms with Crippen molar-refractivity contribution >= 4 is 29.3 Å². The van der Waals surface area contributed by atoms with E-state index in [9.17, 15) is 9.59 Å². The molecule has 0 bridgehead atoms. The lowest BCUT2D eigenvalue weighted by Crippen LogP contribution is -2.22. The molecule has 5 heteroatoms. The SMILES string of the molecule is Cc1ccc(NC(=O)C2CCSC2)cc1C(=O)O. The van der Waals surface area contributed by atoms with Gasteiger partial charge in [-0.1, -0.05) is 6.07 Å². The Morgan fingerprint density at radius 1 is 1.44 bits per heavy atom. The molecule has 1 heterocycles. The Labute approximate surface area is 110 Å². The van der Waals surface area contributed by atoms with Crippen LogP contribution in [0.3, 0.4) is 0 Å². The Bertz CT molecular complexity index is 481. The third-order valence-electron chi connectivity index (χ3n) is 3.04. The fourth-order valence-electron chi connectivity index (χ4n) is 1.92. The summed E-state index contributed by atoms with van der Waals surface area (Å²) in [5.41, 5.74) is 1.48. The van der Waals surface area contributed by atoms with Crippen molar-refractivity contribution in [3.05, 3.63) is 29.3 Å². The van der Waals surface area contributed by atoms with Gasteiger partial charge in [-0.2, -0.15) is 11.8 Å². The van der Waals surface area contributed by atoms with Crippen LogP contribution in [-0.2, 0) is 4.79 Å². The first-order valence-electron chi connectivity index (χ1n) is 5.80. The topological polar surface area (TPSA) is 66.4 Å². The molecule has 0 saturated carbocycles. The first-order valence-corrected chi connectivity index (χ1v) is 6.96. The number of aromatic carboxylic acids is 1. The summed E-state index contributed by atoms with van der Waals surface area (Å²) in [6.45, 7) is 1.74. The summed E-state index contributed by atoms with van der Waals surface area (Å²) < 4.78 is 0. The highest BCUT2D eigenvalue weighted by Crippen LogP contribution is 2.25. The Morgan fingerprint density at radius 3 is 2.83 bits per heavy atom. The van der Waals surface area contributed by atoms with Gasteiger partial charge in [0.1, 0.15) is 0 Å². The van der Waals surface area contributed by atoms with E-state index in [1.165, 1.54) is 6.07 Å². The summed E-state index contributed by atoms with van der Waals surface area (Å²) in [7, 11) is 0. The molecule has 0 aromatic heterocycles. The number of nitrogens with one attached hydrogen (secondary N) is 1. The Balaban J connectivity index is 2.11. The van der Waals surface area contributed by atoms with Crippen molar-refractivity contribution in [1.29, 1.82) is 0 Å². The van der Waals surface area contributed by atoms with Gasteiger partial charge in [0.25, 0.3) is 0 Å². The van der Waals surface area contributed by atoms with Gasteiger partial charge in [0.15, 0.2) is 0 Å². The molecule has 2 N–H and O–H groups in total. The Kier molecular flexibility index (Phi) is 3.91. The number of carboxylic acid groups (broad SMARTS) is 1. The fourth-order valence-corrected chi connectivity index (χ4v) is 3.14. The van der Waals surface area contributed by atoms with E-state index in [0.717, 1.165) is 17.9 Å². The van der Waals surface area contributed by atoms with Gasteiger partial charge in [-0.15, -0.1) is 0 Å². The smallest absolute Gasteiger partial charge is 0.336 e. The lowest BCUT2D eigenvalue weighted by atomic mass is 10.1. The van der Waals surface area contributed by atoms with Crippen LogP contribution in [0.5, 0.6) is 0 Å². The molecule has 96 valence electrons. The number of hydrogen-bond acceptors (Lipinski definition) is 3. The van der Waals surface area contributed by atoms with Gasteiger partial charge in [0, 0.05) is 17.4 Å². The molecule has 1 aromatic carbocycles. The van der Waals surface area contributed by atoms with Crippen molar-refractivity contribution in [3.63, 3.8) is 0 Å². The molecule has 1 amide bonds. The first kappa shape index (κ1) is 13.0. The molecular formula is C13H15NO3S. The van der Waals surface area contributed by atoms with Crippen LogP contribution in [0.4, 0.5) is 5.69 Å². The number of rotatable bonds is 3. The molecule has 1 aliphatic rings. The number of benzene rings is 1. The van der Waals surface area contributed by atoms with E-state index >= 15 is 0 Å². The van der Waals surface area contributed by atoms with E-state index in [1.54, 1.807) is 30.8 Å². The average Bonchev–Trinajstić information content (AvgIpc) is 2.85. The molecule has 1 aliphatic heterocycles. The van der Waals surface area contributed by atoms with Crippen molar-refractivity contribution in [2.45, 2.75) is 13.3 Å². The van der Waals surface area contributed by atoms with Gasteiger partial charge in [-0.05, 0) is 36.8 Å². The van der Waals surface area contributed by atoms with Crippen LogP contribution in [-0.4, -0.2) is 28.5 Å². The molecule has 1 aromatic rings. The monoisotopic (exact) mass is 265 g/mol. The maximum absolute atomic E-state index is 11.9. The molecule has 2 rings (SSSR count). The molecule has 0 aliphatic carbocycles. The van der Waals surface area contributed by atoms with Crippen molar-refractivity contribution in [1.82, 2.24) is 0 Å². The number of hydrogen-bond donors (Lipinski definition) is 2. The van der Waals surface area contributed by atoms with Gasteiger partial charge >= 0.3 is 5.97 Å². The normalized spacial score (nSPS) is 18.6. The summed E-state index contributed by atoms with van der Waals surface area (Å²) in [5, 5.41) is 11.8. The van der Waals surface area contributed by atoms with E-state index in [1.807, 2.05) is 0 Å². The minimum atomic E-state index is -0.972. The van der Waals surface area contributed by atoms with Crippen LogP contribution in [0.25, 0.3) is 0 Å². The standard InChI is InChI=1S/C13H15NO3S/c1-8-2-3-10(6-11(8)13(16)17)14-12(15)9-4-5-18-7-9/h2-3,6,9H,4-5,7H2,1H3,(H,14,15)(H,16,17). The highest BCUT2D eigenvalue weighted by Gasteiger charge is 2.23. The molecule has 4 nitrogen and oxygen atoms in total. The van der Waals surface area contributed by atoms with Crippen molar-refractivity contribution in [2.75, 3.05) is 16.8 Å². The van der Waals surface area contributed by atoms with Gasteiger partial charge in [0.2, 0.25) is 5.91 Å². The summed E-state index contributed by atoms with van der Waals surface area (Å²) in [4.78, 5) is 22.9. The van der Waals surface area contributed by atoms with Crippen molar-refractivity contribution in [3.8, 4) is 0 Å². The molecule has 0 spiro atoms. The average molecular weight is 265 g/mol. The number of anilines is 1. The third-order valence-corrected chi connectivity index (χ3v) is 4.20. The number of carbonyl (C=O) groups excluding carboxylic acids is 1. The van der Waals surface area contributed by atoms with Gasteiger partial charge < -0.3 is 10.4 Å². The minimum Gasteiger partial charge on any atom is -0.478 e. The number of thioether (sulfide) groups is 1. The maximum Gasteiger partial charge on any atom is 0.336 e. The lowest BCUT2D eigenvalue weighted by molar-refractivity contribution is -0.119. The molecule has 1 atom stereocenters. The largest absolute Gasteiger partial charge is 0.478 e. The van der Waals surface area contributed by atoms with E-state index < -0.39 is 5.97 Å². The minimum absolute atomic E-state index is 0.0137. The molecule has 0 radical (unpaired) electrons. The fraction of sp³-hybridized carbons (Fsp3) is 0.385. The van der Waals surface area contributed by atoms with Crippen molar-refractivity contribution < 1.29 is 14.7 Å². The summed E-state index contributed by atoms with van der Waals surface area (Å²) in [6.07, 6.45) is 0.897. The predicted octanol–water partition coefficient (Wildman–Crippen LogP) is 2.38. The van der Waals surface area contributed by atoms with Gasteiger partial charge in [-0.3, -0.25) is 4.79 Å². The molecule has 18 heavy (non-hydrogen) atoms. The second-order valence-corrected chi connectivity index (χ2v) is 5.53. The third kappa shape index (κ3) is 2.85. The van der Waals surface area contributed by atoms with E-state index in [2.05, 4.69) is 5.32 Å². The van der Waals surface area contributed by atoms with Crippen LogP contribution in [0.2, 0.25) is 0 Å². The quantitative estimate of drug-likeness (QED) is 0.880. The van der Waals surface area contributed by atoms with Crippen LogP contribution in [0.1, 0.15) is 22.3 Å². The number of aryl methyl sites for hydroxylation is 1. The Morgan fingerprint density at radius 2 is 2.22 bits per heavy atom. The summed E-state index contributed by atoms with van der Waals surface area (Å²) in [6, 6.07) is 4.96.